The van der Waals surface area contributed by atoms with Gasteiger partial charge in [0, 0.05) is 23.9 Å². The molecule has 7 nitrogen and oxygen atoms in total. The molecule has 27 heavy (non-hydrogen) atoms. The Kier molecular flexibility index (Phi) is 4.99. The number of halogens is 1. The zero-order valence-electron chi connectivity index (χ0n) is 15.3. The standard InChI is InChI=1S/C19H22ClN5O2/c1-11(2)13-8-22-25-5-3-12(7-16(13)25)18-14(20)9-21-19(24-18)23-15-4-6-27-10-17(15)26/h3,5,7-9,11,15,17,26H,4,6,10H2,1-2H3,(H,21,23,24)/t15-,17-/m1/s1. The fourth-order valence-corrected chi connectivity index (χ4v) is 3.49. The van der Waals surface area contributed by atoms with Crippen molar-refractivity contribution in [3.8, 4) is 11.3 Å². The minimum atomic E-state index is -0.585. The summed E-state index contributed by atoms with van der Waals surface area (Å²) < 4.78 is 7.12. The van der Waals surface area contributed by atoms with E-state index in [9.17, 15) is 5.11 Å². The number of pyridine rings is 1. The van der Waals surface area contributed by atoms with Crippen molar-refractivity contribution in [3.05, 3.63) is 41.3 Å². The highest BCUT2D eigenvalue weighted by Gasteiger charge is 2.24. The zero-order chi connectivity index (χ0) is 19.0. The highest BCUT2D eigenvalue weighted by Crippen LogP contribution is 2.29. The number of ether oxygens (including phenoxy) is 1. The summed E-state index contributed by atoms with van der Waals surface area (Å²) in [5.74, 6) is 0.809. The number of hydrogen-bond acceptors (Lipinski definition) is 6. The molecule has 3 aromatic rings. The van der Waals surface area contributed by atoms with Gasteiger partial charge in [-0.05, 0) is 24.5 Å². The first-order valence-corrected chi connectivity index (χ1v) is 9.43. The van der Waals surface area contributed by atoms with Crippen molar-refractivity contribution in [2.45, 2.75) is 38.3 Å². The minimum absolute atomic E-state index is 0.141. The van der Waals surface area contributed by atoms with Crippen LogP contribution in [0, 0.1) is 0 Å². The number of fused-ring (bicyclic) bond motifs is 1. The number of hydrogen-bond donors (Lipinski definition) is 2. The summed E-state index contributed by atoms with van der Waals surface area (Å²) >= 11 is 6.39. The van der Waals surface area contributed by atoms with Crippen LogP contribution < -0.4 is 5.32 Å². The molecule has 2 atom stereocenters. The summed E-state index contributed by atoms with van der Waals surface area (Å²) in [7, 11) is 0. The van der Waals surface area contributed by atoms with Crippen molar-refractivity contribution < 1.29 is 9.84 Å². The van der Waals surface area contributed by atoms with Gasteiger partial charge in [0.1, 0.15) is 0 Å². The predicted octanol–water partition coefficient (Wildman–Crippen LogP) is 3.13. The topological polar surface area (TPSA) is 84.6 Å². The van der Waals surface area contributed by atoms with Crippen LogP contribution in [0.2, 0.25) is 5.02 Å². The van der Waals surface area contributed by atoms with Crippen LogP contribution in [0.1, 0.15) is 31.7 Å². The van der Waals surface area contributed by atoms with Gasteiger partial charge < -0.3 is 15.2 Å². The molecule has 1 aliphatic heterocycles. The number of anilines is 1. The van der Waals surface area contributed by atoms with Gasteiger partial charge in [-0.2, -0.15) is 5.10 Å². The third kappa shape index (κ3) is 3.63. The first kappa shape index (κ1) is 18.2. The van der Waals surface area contributed by atoms with E-state index < -0.39 is 6.10 Å². The van der Waals surface area contributed by atoms with E-state index in [4.69, 9.17) is 16.3 Å². The largest absolute Gasteiger partial charge is 0.389 e. The molecule has 0 aromatic carbocycles. The molecule has 1 fully saturated rings. The highest BCUT2D eigenvalue weighted by molar-refractivity contribution is 6.32. The second kappa shape index (κ2) is 7.42. The number of aromatic nitrogens is 4. The lowest BCUT2D eigenvalue weighted by Gasteiger charge is -2.28. The van der Waals surface area contributed by atoms with Crippen molar-refractivity contribution in [3.63, 3.8) is 0 Å². The monoisotopic (exact) mass is 387 g/mol. The molecule has 142 valence electrons. The summed E-state index contributed by atoms with van der Waals surface area (Å²) in [6.07, 6.45) is 5.50. The van der Waals surface area contributed by atoms with Crippen LogP contribution in [0.3, 0.4) is 0 Å². The van der Waals surface area contributed by atoms with Crippen molar-refractivity contribution in [1.29, 1.82) is 0 Å². The van der Waals surface area contributed by atoms with Crippen molar-refractivity contribution in [1.82, 2.24) is 19.6 Å². The van der Waals surface area contributed by atoms with Gasteiger partial charge in [0.15, 0.2) is 0 Å². The Labute approximate surface area is 162 Å². The van der Waals surface area contributed by atoms with E-state index in [-0.39, 0.29) is 6.04 Å². The second-order valence-corrected chi connectivity index (χ2v) is 7.48. The molecule has 0 bridgehead atoms. The maximum atomic E-state index is 10.1. The van der Waals surface area contributed by atoms with E-state index in [0.29, 0.717) is 42.2 Å². The Bertz CT molecular complexity index is 958. The van der Waals surface area contributed by atoms with E-state index in [1.165, 1.54) is 5.56 Å². The summed E-state index contributed by atoms with van der Waals surface area (Å²) in [6, 6.07) is 3.84. The lowest BCUT2D eigenvalue weighted by Crippen LogP contribution is -2.42. The molecular weight excluding hydrogens is 366 g/mol. The van der Waals surface area contributed by atoms with Crippen LogP contribution in [0.25, 0.3) is 16.8 Å². The van der Waals surface area contributed by atoms with Crippen LogP contribution in [-0.2, 0) is 4.74 Å². The molecule has 8 heteroatoms. The molecule has 0 unspecified atom stereocenters. The van der Waals surface area contributed by atoms with Crippen LogP contribution in [0.5, 0.6) is 0 Å². The lowest BCUT2D eigenvalue weighted by atomic mass is 10.0. The van der Waals surface area contributed by atoms with Crippen LogP contribution >= 0.6 is 11.6 Å². The summed E-state index contributed by atoms with van der Waals surface area (Å²) in [4.78, 5) is 8.87. The fraction of sp³-hybridized carbons (Fsp3) is 0.421. The van der Waals surface area contributed by atoms with Crippen LogP contribution in [0.4, 0.5) is 5.95 Å². The fourth-order valence-electron chi connectivity index (χ4n) is 3.29. The predicted molar refractivity (Wildman–Crippen MR) is 104 cm³/mol. The summed E-state index contributed by atoms with van der Waals surface area (Å²) in [5, 5.41) is 18.1. The van der Waals surface area contributed by atoms with Crippen molar-refractivity contribution in [2.24, 2.45) is 0 Å². The van der Waals surface area contributed by atoms with E-state index in [1.54, 1.807) is 6.20 Å². The van der Waals surface area contributed by atoms with Crippen LogP contribution in [0.15, 0.2) is 30.7 Å². The Morgan fingerprint density at radius 2 is 2.22 bits per heavy atom. The Balaban J connectivity index is 1.68. The first-order chi connectivity index (χ1) is 13.0. The second-order valence-electron chi connectivity index (χ2n) is 7.07. The minimum Gasteiger partial charge on any atom is -0.389 e. The first-order valence-electron chi connectivity index (χ1n) is 9.05. The molecule has 3 aromatic heterocycles. The Morgan fingerprint density at radius 1 is 1.37 bits per heavy atom. The average Bonchev–Trinajstić information content (AvgIpc) is 3.08. The van der Waals surface area contributed by atoms with Gasteiger partial charge in [0.05, 0.1) is 47.4 Å². The molecule has 0 aliphatic carbocycles. The number of aliphatic hydroxyl groups excluding tert-OH is 1. The van der Waals surface area contributed by atoms with Gasteiger partial charge in [-0.3, -0.25) is 0 Å². The number of aliphatic hydroxyl groups is 1. The molecule has 0 saturated carbocycles. The molecule has 1 saturated heterocycles. The normalized spacial score (nSPS) is 20.3. The molecule has 2 N–H and O–H groups in total. The molecule has 0 amide bonds. The van der Waals surface area contributed by atoms with Gasteiger partial charge in [-0.1, -0.05) is 25.4 Å². The SMILES string of the molecule is CC(C)c1cnn2ccc(-c3nc(N[C@@H]4CCOC[C@H]4O)ncc3Cl)cc12. The van der Waals surface area contributed by atoms with Gasteiger partial charge >= 0.3 is 0 Å². The Morgan fingerprint density at radius 3 is 3.00 bits per heavy atom. The molecule has 1 aliphatic rings. The molecular formula is C19H22ClN5O2. The smallest absolute Gasteiger partial charge is 0.223 e. The molecule has 0 radical (unpaired) electrons. The molecule has 4 heterocycles. The number of nitrogens with one attached hydrogen (secondary N) is 1. The van der Waals surface area contributed by atoms with Crippen molar-refractivity contribution in [2.75, 3.05) is 18.5 Å². The zero-order valence-corrected chi connectivity index (χ0v) is 16.0. The van der Waals surface area contributed by atoms with Crippen molar-refractivity contribution >= 4 is 23.1 Å². The number of rotatable bonds is 4. The lowest BCUT2D eigenvalue weighted by molar-refractivity contribution is -0.0136. The maximum absolute atomic E-state index is 10.1. The van der Waals surface area contributed by atoms with Gasteiger partial charge in [-0.15, -0.1) is 0 Å². The third-order valence-electron chi connectivity index (χ3n) is 4.83. The summed E-state index contributed by atoms with van der Waals surface area (Å²) in [5.41, 5.74) is 3.75. The average molecular weight is 388 g/mol. The Hall–Kier alpha value is -2.22. The quantitative estimate of drug-likeness (QED) is 0.715. The summed E-state index contributed by atoms with van der Waals surface area (Å²) in [6.45, 7) is 5.20. The molecule has 0 spiro atoms. The van der Waals surface area contributed by atoms with E-state index >= 15 is 0 Å². The molecule has 4 rings (SSSR count). The van der Waals surface area contributed by atoms with Crippen LogP contribution in [-0.4, -0.2) is 50.0 Å². The van der Waals surface area contributed by atoms with E-state index in [1.807, 2.05) is 29.0 Å². The van der Waals surface area contributed by atoms with Gasteiger partial charge in [0.25, 0.3) is 0 Å². The van der Waals surface area contributed by atoms with E-state index in [0.717, 1.165) is 11.1 Å². The van der Waals surface area contributed by atoms with E-state index in [2.05, 4.69) is 34.2 Å². The number of nitrogens with zero attached hydrogens (tertiary/aromatic N) is 4. The van der Waals surface area contributed by atoms with Gasteiger partial charge in [-0.25, -0.2) is 14.5 Å². The maximum Gasteiger partial charge on any atom is 0.223 e. The van der Waals surface area contributed by atoms with Gasteiger partial charge in [0.2, 0.25) is 5.95 Å². The third-order valence-corrected chi connectivity index (χ3v) is 5.11. The highest BCUT2D eigenvalue weighted by atomic mass is 35.5.